The third-order valence-electron chi connectivity index (χ3n) is 6.18. The third-order valence-corrected chi connectivity index (χ3v) is 6.18. The minimum absolute atomic E-state index is 0.00629. The fourth-order valence-corrected chi connectivity index (χ4v) is 4.42. The predicted octanol–water partition coefficient (Wildman–Crippen LogP) is 3.89. The Kier molecular flexibility index (Phi) is 6.04. The van der Waals surface area contributed by atoms with Crippen LogP contribution in [0.25, 0.3) is 16.7 Å². The zero-order chi connectivity index (χ0) is 21.1. The Morgan fingerprint density at radius 1 is 1.20 bits per heavy atom. The van der Waals surface area contributed by atoms with Crippen molar-refractivity contribution < 1.29 is 5.11 Å². The van der Waals surface area contributed by atoms with Gasteiger partial charge in [-0.25, -0.2) is 9.97 Å². The van der Waals surface area contributed by atoms with E-state index in [1.807, 2.05) is 0 Å². The first kappa shape index (κ1) is 20.4. The Balaban J connectivity index is 1.26. The molecule has 0 saturated carbocycles. The van der Waals surface area contributed by atoms with Crippen molar-refractivity contribution in [2.75, 3.05) is 38.1 Å². The molecule has 0 aliphatic carbocycles. The van der Waals surface area contributed by atoms with Crippen LogP contribution in [0.3, 0.4) is 0 Å². The molecular weight excluding hydrogens is 374 g/mol. The van der Waals surface area contributed by atoms with Crippen molar-refractivity contribution in [1.82, 2.24) is 19.4 Å². The lowest BCUT2D eigenvalue weighted by Gasteiger charge is -2.34. The zero-order valence-corrected chi connectivity index (χ0v) is 18.0. The van der Waals surface area contributed by atoms with E-state index in [9.17, 15) is 5.11 Å². The molecule has 3 heterocycles. The molecule has 1 N–H and O–H groups in total. The molecule has 0 unspecified atom stereocenters. The fraction of sp³-hybridized carbons (Fsp3) is 0.417. The summed E-state index contributed by atoms with van der Waals surface area (Å²) < 4.78 is 2.23. The zero-order valence-electron chi connectivity index (χ0n) is 18.0. The van der Waals surface area contributed by atoms with Gasteiger partial charge in [-0.15, -0.1) is 0 Å². The average molecular weight is 406 g/mol. The van der Waals surface area contributed by atoms with Gasteiger partial charge < -0.3 is 19.5 Å². The number of anilines is 1. The number of piperidine rings is 1. The Hall–Kier alpha value is -2.86. The second-order valence-corrected chi connectivity index (χ2v) is 8.44. The largest absolute Gasteiger partial charge is 0.508 e. The second kappa shape index (κ2) is 8.88. The summed E-state index contributed by atoms with van der Waals surface area (Å²) >= 11 is 0. The molecule has 2 aromatic heterocycles. The van der Waals surface area contributed by atoms with Gasteiger partial charge in [-0.1, -0.05) is 24.8 Å². The van der Waals surface area contributed by atoms with E-state index in [4.69, 9.17) is 0 Å². The smallest absolute Gasteiger partial charge is 0.225 e. The van der Waals surface area contributed by atoms with Crippen molar-refractivity contribution in [3.8, 4) is 0 Å². The number of aromatic nitrogens is 3. The molecule has 1 aliphatic rings. The molecule has 30 heavy (non-hydrogen) atoms. The maximum Gasteiger partial charge on any atom is 0.225 e. The summed E-state index contributed by atoms with van der Waals surface area (Å²) in [5.41, 5.74) is 3.31. The van der Waals surface area contributed by atoms with Crippen LogP contribution in [-0.4, -0.2) is 57.8 Å². The van der Waals surface area contributed by atoms with E-state index < -0.39 is 0 Å². The third kappa shape index (κ3) is 4.49. The standard InChI is InChI=1S/C24H31N5O/c1-18(30)21-14-25-24(26-15-21)29-12-8-19(9-13-29)16-27(2)11-10-20-17-28(3)23-7-5-4-6-22(20)23/h4-7,14-15,17,19,30H,1,8-13,16H2,2-3H3. The SMILES string of the molecule is C=C(O)c1cnc(N2CCC(CN(C)CCc3cn(C)c4ccccc34)CC2)nc1. The quantitative estimate of drug-likeness (QED) is 0.605. The number of hydrogen-bond donors (Lipinski definition) is 1. The van der Waals surface area contributed by atoms with Gasteiger partial charge in [-0.05, 0) is 43.9 Å². The van der Waals surface area contributed by atoms with Gasteiger partial charge >= 0.3 is 0 Å². The van der Waals surface area contributed by atoms with Gasteiger partial charge in [0.05, 0.1) is 5.56 Å². The van der Waals surface area contributed by atoms with Gasteiger partial charge in [0.1, 0.15) is 5.76 Å². The molecule has 0 amide bonds. The maximum absolute atomic E-state index is 9.42. The van der Waals surface area contributed by atoms with Crippen LogP contribution in [0.2, 0.25) is 0 Å². The molecule has 1 fully saturated rings. The van der Waals surface area contributed by atoms with Gasteiger partial charge in [-0.2, -0.15) is 0 Å². The van der Waals surface area contributed by atoms with E-state index in [-0.39, 0.29) is 5.76 Å². The molecule has 6 nitrogen and oxygen atoms in total. The first-order chi connectivity index (χ1) is 14.5. The van der Waals surface area contributed by atoms with Gasteiger partial charge in [0.2, 0.25) is 5.95 Å². The summed E-state index contributed by atoms with van der Waals surface area (Å²) in [4.78, 5) is 13.5. The predicted molar refractivity (Wildman–Crippen MR) is 123 cm³/mol. The van der Waals surface area contributed by atoms with Crippen molar-refractivity contribution in [3.63, 3.8) is 0 Å². The van der Waals surface area contributed by atoms with E-state index in [2.05, 4.69) is 75.5 Å². The lowest BCUT2D eigenvalue weighted by molar-refractivity contribution is 0.250. The number of hydrogen-bond acceptors (Lipinski definition) is 5. The summed E-state index contributed by atoms with van der Waals surface area (Å²) in [5, 5.41) is 10.8. The van der Waals surface area contributed by atoms with E-state index in [1.54, 1.807) is 12.4 Å². The molecule has 0 spiro atoms. The van der Waals surface area contributed by atoms with Crippen LogP contribution < -0.4 is 4.90 Å². The number of aliphatic hydroxyl groups is 1. The van der Waals surface area contributed by atoms with E-state index in [0.717, 1.165) is 51.4 Å². The topological polar surface area (TPSA) is 57.4 Å². The van der Waals surface area contributed by atoms with E-state index >= 15 is 0 Å². The minimum atomic E-state index is 0.00629. The minimum Gasteiger partial charge on any atom is -0.508 e. The van der Waals surface area contributed by atoms with Crippen LogP contribution >= 0.6 is 0 Å². The van der Waals surface area contributed by atoms with Crippen LogP contribution in [0.4, 0.5) is 5.95 Å². The number of likely N-dealkylation sites (N-methyl/N-ethyl adjacent to an activating group) is 1. The molecule has 1 aliphatic heterocycles. The molecule has 6 heteroatoms. The van der Waals surface area contributed by atoms with Crippen molar-refractivity contribution >= 4 is 22.6 Å². The lowest BCUT2D eigenvalue weighted by Crippen LogP contribution is -2.39. The molecule has 158 valence electrons. The Labute approximate surface area is 178 Å². The highest BCUT2D eigenvalue weighted by Gasteiger charge is 2.22. The van der Waals surface area contributed by atoms with Gasteiger partial charge in [0, 0.05) is 62.7 Å². The molecule has 0 atom stereocenters. The molecule has 1 aromatic carbocycles. The maximum atomic E-state index is 9.42. The number of para-hydroxylation sites is 1. The number of rotatable bonds is 7. The fourth-order valence-electron chi connectivity index (χ4n) is 4.42. The Morgan fingerprint density at radius 3 is 2.60 bits per heavy atom. The van der Waals surface area contributed by atoms with E-state index in [1.165, 1.54) is 16.5 Å². The number of benzene rings is 1. The summed E-state index contributed by atoms with van der Waals surface area (Å²) in [6, 6.07) is 8.65. The molecular formula is C24H31N5O. The normalized spacial score (nSPS) is 15.2. The van der Waals surface area contributed by atoms with Crippen LogP contribution in [0.1, 0.15) is 24.0 Å². The van der Waals surface area contributed by atoms with Crippen molar-refractivity contribution in [1.29, 1.82) is 0 Å². The summed E-state index contributed by atoms with van der Waals surface area (Å²) in [5.74, 6) is 1.45. The highest BCUT2D eigenvalue weighted by Crippen LogP contribution is 2.23. The van der Waals surface area contributed by atoms with Gasteiger partial charge in [0.25, 0.3) is 0 Å². The van der Waals surface area contributed by atoms with Crippen molar-refractivity contribution in [2.45, 2.75) is 19.3 Å². The number of fused-ring (bicyclic) bond motifs is 1. The first-order valence-electron chi connectivity index (χ1n) is 10.7. The summed E-state index contributed by atoms with van der Waals surface area (Å²) in [7, 11) is 4.36. The molecule has 0 bridgehead atoms. The number of aliphatic hydroxyl groups excluding tert-OH is 1. The van der Waals surface area contributed by atoms with Crippen LogP contribution in [0, 0.1) is 5.92 Å². The van der Waals surface area contributed by atoms with Gasteiger partial charge in [-0.3, -0.25) is 0 Å². The molecule has 3 aromatic rings. The monoisotopic (exact) mass is 405 g/mol. The summed E-state index contributed by atoms with van der Waals surface area (Å²) in [6.45, 7) is 7.66. The van der Waals surface area contributed by atoms with Crippen molar-refractivity contribution in [2.24, 2.45) is 13.0 Å². The molecule has 1 saturated heterocycles. The highest BCUT2D eigenvalue weighted by atomic mass is 16.3. The molecule has 4 rings (SSSR count). The average Bonchev–Trinajstić information content (AvgIpc) is 3.09. The Bertz CT molecular complexity index is 1000. The Morgan fingerprint density at radius 2 is 1.90 bits per heavy atom. The molecule has 0 radical (unpaired) electrons. The highest BCUT2D eigenvalue weighted by molar-refractivity contribution is 5.83. The van der Waals surface area contributed by atoms with Crippen LogP contribution in [0.5, 0.6) is 0 Å². The first-order valence-corrected chi connectivity index (χ1v) is 10.7. The van der Waals surface area contributed by atoms with Crippen LogP contribution in [0.15, 0.2) is 49.4 Å². The van der Waals surface area contributed by atoms with E-state index in [0.29, 0.717) is 11.5 Å². The lowest BCUT2D eigenvalue weighted by atomic mass is 9.96. The second-order valence-electron chi connectivity index (χ2n) is 8.44. The summed E-state index contributed by atoms with van der Waals surface area (Å²) in [6.07, 6.45) is 8.92. The van der Waals surface area contributed by atoms with Gasteiger partial charge in [0.15, 0.2) is 0 Å². The van der Waals surface area contributed by atoms with Crippen LogP contribution in [-0.2, 0) is 13.5 Å². The van der Waals surface area contributed by atoms with Crippen molar-refractivity contribution in [3.05, 3.63) is 60.6 Å². The number of nitrogens with zero attached hydrogens (tertiary/aromatic N) is 5. The number of aryl methyl sites for hydroxylation is 1.